The third kappa shape index (κ3) is 3.46. The highest BCUT2D eigenvalue weighted by atomic mass is 35.5. The van der Waals surface area contributed by atoms with E-state index in [1.54, 1.807) is 0 Å². The smallest absolute Gasteiger partial charge is 0.0764 e. The van der Waals surface area contributed by atoms with E-state index in [4.69, 9.17) is 11.6 Å². The van der Waals surface area contributed by atoms with Crippen molar-refractivity contribution >= 4 is 11.6 Å². The van der Waals surface area contributed by atoms with Crippen LogP contribution in [0.3, 0.4) is 0 Å². The van der Waals surface area contributed by atoms with Gasteiger partial charge in [0.2, 0.25) is 0 Å². The van der Waals surface area contributed by atoms with Gasteiger partial charge in [-0.2, -0.15) is 5.10 Å². The second kappa shape index (κ2) is 5.87. The molecule has 96 valence electrons. The molecule has 0 spiro atoms. The average Bonchev–Trinajstić information content (AvgIpc) is 2.80. The van der Waals surface area contributed by atoms with Crippen LogP contribution in [0.15, 0.2) is 12.3 Å². The molecule has 0 amide bonds. The summed E-state index contributed by atoms with van der Waals surface area (Å²) < 4.78 is 2.07. The zero-order chi connectivity index (χ0) is 12.3. The fourth-order valence-corrected chi connectivity index (χ4v) is 2.38. The summed E-state index contributed by atoms with van der Waals surface area (Å²) in [6.07, 6.45) is 5.43. The molecule has 2 heterocycles. The lowest BCUT2D eigenvalue weighted by Crippen LogP contribution is -2.33. The maximum absolute atomic E-state index is 6.10. The van der Waals surface area contributed by atoms with Crippen LogP contribution in [-0.4, -0.2) is 33.1 Å². The van der Waals surface area contributed by atoms with Gasteiger partial charge in [0.25, 0.3) is 0 Å². The van der Waals surface area contributed by atoms with Crippen molar-refractivity contribution in [1.29, 1.82) is 0 Å². The van der Waals surface area contributed by atoms with Crippen LogP contribution in [0.1, 0.15) is 44.8 Å². The number of hydrogen-bond acceptors (Lipinski definition) is 2. The third-order valence-electron chi connectivity index (χ3n) is 3.61. The molecule has 1 aromatic rings. The number of piperidine rings is 1. The lowest BCUT2D eigenvalue weighted by atomic mass is 10.1. The van der Waals surface area contributed by atoms with Gasteiger partial charge in [0.1, 0.15) is 0 Å². The summed E-state index contributed by atoms with van der Waals surface area (Å²) in [5, 5.41) is 5.01. The van der Waals surface area contributed by atoms with Crippen LogP contribution < -0.4 is 0 Å². The van der Waals surface area contributed by atoms with E-state index in [-0.39, 0.29) is 0 Å². The fourth-order valence-electron chi connectivity index (χ4n) is 2.18. The Morgan fingerprint density at radius 1 is 1.47 bits per heavy atom. The van der Waals surface area contributed by atoms with Crippen molar-refractivity contribution in [2.24, 2.45) is 0 Å². The van der Waals surface area contributed by atoms with Crippen molar-refractivity contribution in [3.8, 4) is 0 Å². The Hall–Kier alpha value is -0.540. The number of rotatable bonds is 4. The standard InChI is InChI=1S/C13H22ClN3/c1-3-11(2)17-9-6-13(15-17)10-16-7-4-12(14)5-8-16/h6,9,11-12H,3-5,7-8,10H2,1-2H3. The highest BCUT2D eigenvalue weighted by Crippen LogP contribution is 2.17. The fraction of sp³-hybridized carbons (Fsp3) is 0.769. The van der Waals surface area contributed by atoms with Crippen LogP contribution in [0, 0.1) is 0 Å². The summed E-state index contributed by atoms with van der Waals surface area (Å²) in [6, 6.07) is 2.64. The molecule has 0 saturated carbocycles. The Morgan fingerprint density at radius 3 is 2.82 bits per heavy atom. The Labute approximate surface area is 109 Å². The Bertz CT molecular complexity index is 342. The summed E-state index contributed by atoms with van der Waals surface area (Å²) in [5.74, 6) is 0. The minimum absolute atomic E-state index is 0.379. The van der Waals surface area contributed by atoms with Gasteiger partial charge in [-0.1, -0.05) is 6.92 Å². The predicted octanol–water partition coefficient (Wildman–Crippen LogP) is 3.06. The first-order valence-corrected chi connectivity index (χ1v) is 7.03. The van der Waals surface area contributed by atoms with Gasteiger partial charge in [0.15, 0.2) is 0 Å². The SMILES string of the molecule is CCC(C)n1ccc(CN2CCC(Cl)CC2)n1. The van der Waals surface area contributed by atoms with E-state index in [0.29, 0.717) is 11.4 Å². The first-order chi connectivity index (χ1) is 8.19. The number of likely N-dealkylation sites (tertiary alicyclic amines) is 1. The molecule has 1 aliphatic rings. The van der Waals surface area contributed by atoms with Crippen LogP contribution in [0.4, 0.5) is 0 Å². The maximum Gasteiger partial charge on any atom is 0.0764 e. The molecule has 1 unspecified atom stereocenters. The van der Waals surface area contributed by atoms with Crippen LogP contribution in [-0.2, 0) is 6.54 Å². The summed E-state index contributed by atoms with van der Waals surface area (Å²) >= 11 is 6.10. The average molecular weight is 256 g/mol. The van der Waals surface area contributed by atoms with Gasteiger partial charge < -0.3 is 0 Å². The molecule has 1 saturated heterocycles. The molecule has 1 aliphatic heterocycles. The van der Waals surface area contributed by atoms with Gasteiger partial charge in [-0.25, -0.2) is 0 Å². The van der Waals surface area contributed by atoms with Crippen molar-refractivity contribution in [2.75, 3.05) is 13.1 Å². The molecular weight excluding hydrogens is 234 g/mol. The number of aromatic nitrogens is 2. The second-order valence-corrected chi connectivity index (χ2v) is 5.61. The molecule has 2 rings (SSSR count). The molecule has 0 bridgehead atoms. The molecule has 0 aromatic carbocycles. The quantitative estimate of drug-likeness (QED) is 0.771. The Morgan fingerprint density at radius 2 is 2.18 bits per heavy atom. The van der Waals surface area contributed by atoms with Crippen LogP contribution in [0.25, 0.3) is 0 Å². The first kappa shape index (κ1) is 12.9. The number of nitrogens with zero attached hydrogens (tertiary/aromatic N) is 3. The highest BCUT2D eigenvalue weighted by Gasteiger charge is 2.17. The van der Waals surface area contributed by atoms with Crippen molar-refractivity contribution in [3.63, 3.8) is 0 Å². The monoisotopic (exact) mass is 255 g/mol. The molecule has 17 heavy (non-hydrogen) atoms. The molecule has 1 atom stereocenters. The van der Waals surface area contributed by atoms with Gasteiger partial charge in [-0.15, -0.1) is 11.6 Å². The zero-order valence-electron chi connectivity index (χ0n) is 10.8. The molecule has 0 aliphatic carbocycles. The van der Waals surface area contributed by atoms with E-state index in [1.807, 2.05) is 0 Å². The van der Waals surface area contributed by atoms with Gasteiger partial charge in [0, 0.05) is 24.2 Å². The molecule has 1 aromatic heterocycles. The van der Waals surface area contributed by atoms with Crippen molar-refractivity contribution in [1.82, 2.24) is 14.7 Å². The number of alkyl halides is 1. The maximum atomic E-state index is 6.10. The summed E-state index contributed by atoms with van der Waals surface area (Å²) in [5.41, 5.74) is 1.18. The lowest BCUT2D eigenvalue weighted by molar-refractivity contribution is 0.220. The topological polar surface area (TPSA) is 21.1 Å². The minimum Gasteiger partial charge on any atom is -0.297 e. The number of hydrogen-bond donors (Lipinski definition) is 0. The third-order valence-corrected chi connectivity index (χ3v) is 4.05. The number of halogens is 1. The van der Waals surface area contributed by atoms with Crippen molar-refractivity contribution < 1.29 is 0 Å². The van der Waals surface area contributed by atoms with E-state index in [0.717, 1.165) is 38.9 Å². The van der Waals surface area contributed by atoms with Gasteiger partial charge >= 0.3 is 0 Å². The van der Waals surface area contributed by atoms with E-state index < -0.39 is 0 Å². The normalized spacial score (nSPS) is 20.6. The van der Waals surface area contributed by atoms with E-state index in [2.05, 4.69) is 40.8 Å². The van der Waals surface area contributed by atoms with Crippen LogP contribution in [0.2, 0.25) is 0 Å². The molecule has 1 fully saturated rings. The summed E-state index contributed by atoms with van der Waals surface area (Å²) in [4.78, 5) is 2.45. The van der Waals surface area contributed by atoms with E-state index in [1.165, 1.54) is 5.69 Å². The molecule has 4 heteroatoms. The van der Waals surface area contributed by atoms with E-state index in [9.17, 15) is 0 Å². The van der Waals surface area contributed by atoms with Crippen LogP contribution in [0.5, 0.6) is 0 Å². The van der Waals surface area contributed by atoms with E-state index >= 15 is 0 Å². The first-order valence-electron chi connectivity index (χ1n) is 6.59. The molecule has 3 nitrogen and oxygen atoms in total. The molecular formula is C13H22ClN3. The Balaban J connectivity index is 1.88. The molecule has 0 N–H and O–H groups in total. The van der Waals surface area contributed by atoms with Crippen LogP contribution >= 0.6 is 11.6 Å². The Kier molecular flexibility index (Phi) is 4.46. The second-order valence-electron chi connectivity index (χ2n) is 5.00. The zero-order valence-corrected chi connectivity index (χ0v) is 11.5. The minimum atomic E-state index is 0.379. The highest BCUT2D eigenvalue weighted by molar-refractivity contribution is 6.20. The predicted molar refractivity (Wildman–Crippen MR) is 71.4 cm³/mol. The van der Waals surface area contributed by atoms with Gasteiger partial charge in [-0.05, 0) is 45.3 Å². The lowest BCUT2D eigenvalue weighted by Gasteiger charge is -2.28. The molecule has 0 radical (unpaired) electrons. The largest absolute Gasteiger partial charge is 0.297 e. The van der Waals surface area contributed by atoms with Crippen molar-refractivity contribution in [2.45, 2.75) is 51.1 Å². The van der Waals surface area contributed by atoms with Gasteiger partial charge in [-0.3, -0.25) is 9.58 Å². The summed E-state index contributed by atoms with van der Waals surface area (Å²) in [6.45, 7) is 7.56. The summed E-state index contributed by atoms with van der Waals surface area (Å²) in [7, 11) is 0. The van der Waals surface area contributed by atoms with Gasteiger partial charge in [0.05, 0.1) is 5.69 Å². The van der Waals surface area contributed by atoms with Crippen molar-refractivity contribution in [3.05, 3.63) is 18.0 Å².